The van der Waals surface area contributed by atoms with Gasteiger partial charge in [-0.25, -0.2) is 0 Å². The third-order valence-electron chi connectivity index (χ3n) is 4.20. The van der Waals surface area contributed by atoms with Gasteiger partial charge in [0.1, 0.15) is 0 Å². The average molecular weight is 341 g/mol. The summed E-state index contributed by atoms with van der Waals surface area (Å²) in [6.07, 6.45) is 1.21. The standard InChI is InChI=1S/C16H21ClN2S2/c1-11-10-19(2)8-7-12(11)18-16(13-4-3-9-20-13)14-5-6-15(17)21-14/h3-6,9,11-12,16,18H,7-8,10H2,1-2H3. The van der Waals surface area contributed by atoms with Gasteiger partial charge in [-0.15, -0.1) is 22.7 Å². The number of hydrogen-bond acceptors (Lipinski definition) is 4. The van der Waals surface area contributed by atoms with Crippen LogP contribution in [-0.2, 0) is 0 Å². The zero-order valence-corrected chi connectivity index (χ0v) is 14.8. The molecule has 1 saturated heterocycles. The lowest BCUT2D eigenvalue weighted by Crippen LogP contribution is -2.48. The lowest BCUT2D eigenvalue weighted by Gasteiger charge is -2.37. The van der Waals surface area contributed by atoms with Crippen LogP contribution in [0.1, 0.15) is 29.1 Å². The fourth-order valence-corrected chi connectivity index (χ4v) is 5.08. The maximum Gasteiger partial charge on any atom is 0.0931 e. The van der Waals surface area contributed by atoms with E-state index >= 15 is 0 Å². The summed E-state index contributed by atoms with van der Waals surface area (Å²) in [6, 6.07) is 9.34. The van der Waals surface area contributed by atoms with Crippen molar-refractivity contribution in [1.82, 2.24) is 10.2 Å². The molecule has 3 rings (SSSR count). The van der Waals surface area contributed by atoms with Crippen molar-refractivity contribution in [1.29, 1.82) is 0 Å². The molecule has 2 aromatic rings. The minimum absolute atomic E-state index is 0.276. The Balaban J connectivity index is 1.80. The Bertz CT molecular complexity index is 567. The summed E-state index contributed by atoms with van der Waals surface area (Å²) in [5.41, 5.74) is 0. The van der Waals surface area contributed by atoms with Gasteiger partial charge in [-0.3, -0.25) is 0 Å². The molecule has 0 radical (unpaired) electrons. The van der Waals surface area contributed by atoms with E-state index in [0.717, 1.165) is 4.34 Å². The van der Waals surface area contributed by atoms with Crippen molar-refractivity contribution in [2.24, 2.45) is 5.92 Å². The molecular formula is C16H21ClN2S2. The second-order valence-corrected chi connectivity index (χ2v) is 8.62. The molecule has 0 amide bonds. The second-order valence-electron chi connectivity index (χ2n) is 5.89. The molecule has 2 aromatic heterocycles. The van der Waals surface area contributed by atoms with Crippen LogP contribution in [0.3, 0.4) is 0 Å². The van der Waals surface area contributed by atoms with Crippen LogP contribution in [-0.4, -0.2) is 31.1 Å². The van der Waals surface area contributed by atoms with Crippen LogP contribution in [0.25, 0.3) is 0 Å². The van der Waals surface area contributed by atoms with E-state index in [2.05, 4.69) is 47.8 Å². The first kappa shape index (κ1) is 15.5. The summed E-state index contributed by atoms with van der Waals surface area (Å²) in [7, 11) is 2.21. The summed E-state index contributed by atoms with van der Waals surface area (Å²) in [5, 5.41) is 6.04. The number of hydrogen-bond donors (Lipinski definition) is 1. The molecule has 3 unspecified atom stereocenters. The molecule has 1 N–H and O–H groups in total. The normalized spacial score (nSPS) is 25.1. The Morgan fingerprint density at radius 3 is 2.81 bits per heavy atom. The molecule has 114 valence electrons. The molecule has 0 aliphatic carbocycles. The molecule has 2 nitrogen and oxygen atoms in total. The van der Waals surface area contributed by atoms with Crippen molar-refractivity contribution in [3.8, 4) is 0 Å². The highest BCUT2D eigenvalue weighted by atomic mass is 35.5. The summed E-state index contributed by atoms with van der Waals surface area (Å²) >= 11 is 9.64. The van der Waals surface area contributed by atoms with Gasteiger partial charge in [-0.05, 0) is 49.5 Å². The molecule has 0 saturated carbocycles. The lowest BCUT2D eigenvalue weighted by molar-refractivity contribution is 0.170. The molecule has 1 aliphatic rings. The first-order chi connectivity index (χ1) is 10.1. The molecule has 5 heteroatoms. The van der Waals surface area contributed by atoms with Crippen LogP contribution in [0.15, 0.2) is 29.6 Å². The lowest BCUT2D eigenvalue weighted by atomic mass is 9.93. The predicted octanol–water partition coefficient (Wildman–Crippen LogP) is 4.48. The topological polar surface area (TPSA) is 15.3 Å². The van der Waals surface area contributed by atoms with Gasteiger partial charge < -0.3 is 10.2 Å². The van der Waals surface area contributed by atoms with Gasteiger partial charge in [0, 0.05) is 22.3 Å². The highest BCUT2D eigenvalue weighted by Crippen LogP contribution is 2.34. The fourth-order valence-electron chi connectivity index (χ4n) is 3.06. The third kappa shape index (κ3) is 3.69. The largest absolute Gasteiger partial charge is 0.306 e. The molecule has 1 aliphatic heterocycles. The molecule has 0 aromatic carbocycles. The van der Waals surface area contributed by atoms with Crippen molar-refractivity contribution < 1.29 is 0 Å². The monoisotopic (exact) mass is 340 g/mol. The summed E-state index contributed by atoms with van der Waals surface area (Å²) in [4.78, 5) is 5.11. The van der Waals surface area contributed by atoms with Crippen molar-refractivity contribution in [2.75, 3.05) is 20.1 Å². The highest BCUT2D eigenvalue weighted by Gasteiger charge is 2.28. The number of halogens is 1. The van der Waals surface area contributed by atoms with E-state index in [4.69, 9.17) is 11.6 Å². The van der Waals surface area contributed by atoms with Crippen molar-refractivity contribution >= 4 is 34.3 Å². The number of nitrogens with one attached hydrogen (secondary N) is 1. The molecule has 3 heterocycles. The Morgan fingerprint density at radius 1 is 1.33 bits per heavy atom. The first-order valence-electron chi connectivity index (χ1n) is 7.36. The molecule has 0 bridgehead atoms. The Kier molecular flexibility index (Phi) is 5.02. The van der Waals surface area contributed by atoms with Crippen molar-refractivity contribution in [2.45, 2.75) is 25.4 Å². The third-order valence-corrected chi connectivity index (χ3v) is 6.43. The van der Waals surface area contributed by atoms with E-state index in [9.17, 15) is 0 Å². The van der Waals surface area contributed by atoms with Crippen LogP contribution in [0.2, 0.25) is 4.34 Å². The minimum atomic E-state index is 0.276. The molecule has 3 atom stereocenters. The van der Waals surface area contributed by atoms with Gasteiger partial charge >= 0.3 is 0 Å². The number of nitrogens with zero attached hydrogens (tertiary/aromatic N) is 1. The summed E-state index contributed by atoms with van der Waals surface area (Å²) < 4.78 is 0.866. The van der Waals surface area contributed by atoms with Crippen LogP contribution >= 0.6 is 34.3 Å². The Morgan fingerprint density at radius 2 is 2.19 bits per heavy atom. The minimum Gasteiger partial charge on any atom is -0.306 e. The number of rotatable bonds is 4. The smallest absolute Gasteiger partial charge is 0.0931 e. The quantitative estimate of drug-likeness (QED) is 0.882. The second kappa shape index (κ2) is 6.80. The van der Waals surface area contributed by atoms with Crippen LogP contribution in [0.4, 0.5) is 0 Å². The molecular weight excluding hydrogens is 320 g/mol. The number of thiophene rings is 2. The van der Waals surface area contributed by atoms with E-state index in [0.29, 0.717) is 12.0 Å². The van der Waals surface area contributed by atoms with E-state index < -0.39 is 0 Å². The number of piperidine rings is 1. The number of likely N-dealkylation sites (tertiary alicyclic amines) is 1. The molecule has 1 fully saturated rings. The van der Waals surface area contributed by atoms with E-state index in [-0.39, 0.29) is 6.04 Å². The van der Waals surface area contributed by atoms with Gasteiger partial charge in [0.25, 0.3) is 0 Å². The van der Waals surface area contributed by atoms with Gasteiger partial charge in [-0.2, -0.15) is 0 Å². The fraction of sp³-hybridized carbons (Fsp3) is 0.500. The van der Waals surface area contributed by atoms with Crippen LogP contribution < -0.4 is 5.32 Å². The van der Waals surface area contributed by atoms with E-state index in [1.807, 2.05) is 17.4 Å². The van der Waals surface area contributed by atoms with Crippen molar-refractivity contribution in [3.05, 3.63) is 43.7 Å². The van der Waals surface area contributed by atoms with Gasteiger partial charge in [0.05, 0.1) is 10.4 Å². The summed E-state index contributed by atoms with van der Waals surface area (Å²) in [6.45, 7) is 4.69. The summed E-state index contributed by atoms with van der Waals surface area (Å²) in [5.74, 6) is 0.668. The Hall–Kier alpha value is -0.390. The molecule has 0 spiro atoms. The Labute approximate surface area is 139 Å². The van der Waals surface area contributed by atoms with Gasteiger partial charge in [0.15, 0.2) is 0 Å². The molecule has 21 heavy (non-hydrogen) atoms. The average Bonchev–Trinajstić information content (AvgIpc) is 3.09. The van der Waals surface area contributed by atoms with Gasteiger partial charge in [0.2, 0.25) is 0 Å². The zero-order chi connectivity index (χ0) is 14.8. The SMILES string of the molecule is CC1CN(C)CCC1NC(c1cccs1)c1ccc(Cl)s1. The van der Waals surface area contributed by atoms with Gasteiger partial charge in [-0.1, -0.05) is 24.6 Å². The highest BCUT2D eigenvalue weighted by molar-refractivity contribution is 7.16. The van der Waals surface area contributed by atoms with E-state index in [1.165, 1.54) is 29.3 Å². The van der Waals surface area contributed by atoms with E-state index in [1.54, 1.807) is 11.3 Å². The zero-order valence-electron chi connectivity index (χ0n) is 12.4. The maximum atomic E-state index is 6.14. The van der Waals surface area contributed by atoms with Crippen molar-refractivity contribution in [3.63, 3.8) is 0 Å². The van der Waals surface area contributed by atoms with Crippen LogP contribution in [0.5, 0.6) is 0 Å². The first-order valence-corrected chi connectivity index (χ1v) is 9.44. The predicted molar refractivity (Wildman–Crippen MR) is 93.7 cm³/mol. The van der Waals surface area contributed by atoms with Crippen LogP contribution in [0, 0.1) is 5.92 Å². The maximum absolute atomic E-state index is 6.14.